The van der Waals surface area contributed by atoms with Crippen LogP contribution in [0.2, 0.25) is 0 Å². The molecule has 0 aliphatic rings. The van der Waals surface area contributed by atoms with E-state index in [9.17, 15) is 63.6 Å². The number of carboxylic acid groups (broad SMARTS) is 3. The minimum atomic E-state index is -1.84. The fourth-order valence-corrected chi connectivity index (χ4v) is 4.80. The third-order valence-corrected chi connectivity index (χ3v) is 7.80. The number of nitrogens with two attached hydrogens (primary N) is 3. The Morgan fingerprint density at radius 1 is 0.589 bits per heavy atom. The Labute approximate surface area is 322 Å². The first kappa shape index (κ1) is 50.4. The third-order valence-electron chi connectivity index (χ3n) is 7.80. The number of aliphatic hydroxyl groups is 2. The van der Waals surface area contributed by atoms with E-state index in [0.29, 0.717) is 6.42 Å². The van der Waals surface area contributed by atoms with Crippen LogP contribution >= 0.6 is 0 Å². The van der Waals surface area contributed by atoms with E-state index < -0.39 is 134 Å². The van der Waals surface area contributed by atoms with Crippen LogP contribution in [0.4, 0.5) is 0 Å². The first-order chi connectivity index (χ1) is 26.0. The first-order valence-corrected chi connectivity index (χ1v) is 17.6. The molecule has 0 aliphatic carbocycles. The highest BCUT2D eigenvalue weighted by atomic mass is 16.4. The van der Waals surface area contributed by atoms with Crippen molar-refractivity contribution in [2.75, 3.05) is 19.8 Å². The van der Waals surface area contributed by atoms with Gasteiger partial charge in [-0.05, 0) is 37.5 Å². The number of rotatable bonds is 27. The van der Waals surface area contributed by atoms with Crippen LogP contribution < -0.4 is 49.1 Å². The highest BCUT2D eigenvalue weighted by molar-refractivity contribution is 5.98. The Balaban J connectivity index is 5.93. The van der Waals surface area contributed by atoms with Crippen LogP contribution in [0.1, 0.15) is 66.2 Å². The van der Waals surface area contributed by atoms with Crippen LogP contribution in [0.3, 0.4) is 0 Å². The normalized spacial score (nSPS) is 14.7. The van der Waals surface area contributed by atoms with E-state index in [-0.39, 0.29) is 31.3 Å². The number of hydrogen-bond donors (Lipinski definition) is 14. The second-order valence-electron chi connectivity index (χ2n) is 13.5. The number of nitrogens with zero attached hydrogens (tertiary/aromatic N) is 1. The number of carbonyl (C=O) groups excluding carboxylic acids is 6. The van der Waals surface area contributed by atoms with Gasteiger partial charge >= 0.3 is 17.9 Å². The van der Waals surface area contributed by atoms with Crippen LogP contribution in [0.25, 0.3) is 0 Å². The average Bonchev–Trinajstić information content (AvgIpc) is 3.09. The molecule has 0 unspecified atom stereocenters. The van der Waals surface area contributed by atoms with Gasteiger partial charge in [-0.1, -0.05) is 27.7 Å². The van der Waals surface area contributed by atoms with E-state index in [1.165, 1.54) is 13.8 Å². The first-order valence-electron chi connectivity index (χ1n) is 17.6. The van der Waals surface area contributed by atoms with Gasteiger partial charge in [0.2, 0.25) is 35.4 Å². The number of aliphatic imine (C=N–C) groups is 1. The minimum Gasteiger partial charge on any atom is -0.481 e. The minimum absolute atomic E-state index is 0.0433. The van der Waals surface area contributed by atoms with Crippen molar-refractivity contribution < 1.29 is 68.7 Å². The van der Waals surface area contributed by atoms with Crippen LogP contribution in [0.15, 0.2) is 4.99 Å². The summed E-state index contributed by atoms with van der Waals surface area (Å²) in [5.41, 5.74) is 16.3. The van der Waals surface area contributed by atoms with Gasteiger partial charge in [0.1, 0.15) is 36.3 Å². The predicted molar refractivity (Wildman–Crippen MR) is 195 cm³/mol. The van der Waals surface area contributed by atoms with Crippen molar-refractivity contribution in [1.82, 2.24) is 31.9 Å². The largest absolute Gasteiger partial charge is 0.481 e. The lowest BCUT2D eigenvalue weighted by Crippen LogP contribution is -2.61. The summed E-state index contributed by atoms with van der Waals surface area (Å²) in [6.45, 7) is 4.56. The molecule has 0 bridgehead atoms. The molecule has 0 saturated heterocycles. The summed E-state index contributed by atoms with van der Waals surface area (Å²) in [4.78, 5) is 116. The van der Waals surface area contributed by atoms with Gasteiger partial charge in [-0.2, -0.15) is 0 Å². The molecule has 0 aliphatic heterocycles. The topological polar surface area (TPSA) is 417 Å². The highest BCUT2D eigenvalue weighted by Gasteiger charge is 2.35. The van der Waals surface area contributed by atoms with Crippen molar-refractivity contribution in [3.05, 3.63) is 0 Å². The summed E-state index contributed by atoms with van der Waals surface area (Å²) < 4.78 is 0. The molecule has 17 N–H and O–H groups in total. The van der Waals surface area contributed by atoms with Crippen LogP contribution in [-0.2, 0) is 43.2 Å². The quantitative estimate of drug-likeness (QED) is 0.0209. The summed E-state index contributed by atoms with van der Waals surface area (Å²) in [6.07, 6.45) is -1.76. The lowest BCUT2D eigenvalue weighted by Gasteiger charge is -2.28. The Morgan fingerprint density at radius 2 is 1.05 bits per heavy atom. The van der Waals surface area contributed by atoms with Crippen LogP contribution in [0.5, 0.6) is 0 Å². The number of aliphatic carboxylic acids is 3. The fourth-order valence-electron chi connectivity index (χ4n) is 4.80. The second-order valence-corrected chi connectivity index (χ2v) is 13.5. The molecule has 0 rings (SSSR count). The van der Waals surface area contributed by atoms with E-state index in [0.717, 1.165) is 0 Å². The monoisotopic (exact) mass is 804 g/mol. The van der Waals surface area contributed by atoms with E-state index >= 15 is 0 Å². The number of hydrogen-bond acceptors (Lipinski definition) is 13. The molecule has 0 aromatic heterocycles. The van der Waals surface area contributed by atoms with Gasteiger partial charge in [0, 0.05) is 13.0 Å². The Hall–Kier alpha value is -5.62. The predicted octanol–water partition coefficient (Wildman–Crippen LogP) is -5.61. The van der Waals surface area contributed by atoms with Gasteiger partial charge in [-0.15, -0.1) is 0 Å². The summed E-state index contributed by atoms with van der Waals surface area (Å²) in [5.74, 6) is -11.8. The number of amides is 6. The average molecular weight is 805 g/mol. The summed E-state index contributed by atoms with van der Waals surface area (Å²) in [5, 5.41) is 60.6. The zero-order valence-corrected chi connectivity index (χ0v) is 31.6. The van der Waals surface area contributed by atoms with Gasteiger partial charge in [-0.25, -0.2) is 4.79 Å². The maximum atomic E-state index is 13.5. The van der Waals surface area contributed by atoms with Gasteiger partial charge < -0.3 is 74.6 Å². The van der Waals surface area contributed by atoms with Gasteiger partial charge in [0.25, 0.3) is 0 Å². The number of aliphatic hydroxyl groups excluding tert-OH is 2. The van der Waals surface area contributed by atoms with E-state index in [1.807, 2.05) is 5.32 Å². The van der Waals surface area contributed by atoms with E-state index in [4.69, 9.17) is 22.3 Å². The highest BCUT2D eigenvalue weighted by Crippen LogP contribution is 2.10. The molecule has 0 aromatic rings. The molecule has 24 nitrogen and oxygen atoms in total. The van der Waals surface area contributed by atoms with Crippen molar-refractivity contribution in [3.8, 4) is 0 Å². The molecule has 56 heavy (non-hydrogen) atoms. The number of guanidine groups is 1. The smallest absolute Gasteiger partial charge is 0.326 e. The number of carbonyl (C=O) groups is 9. The van der Waals surface area contributed by atoms with Crippen molar-refractivity contribution >= 4 is 59.3 Å². The summed E-state index contributed by atoms with van der Waals surface area (Å²) in [7, 11) is 0. The van der Waals surface area contributed by atoms with Gasteiger partial charge in [0.15, 0.2) is 5.96 Å². The summed E-state index contributed by atoms with van der Waals surface area (Å²) >= 11 is 0. The summed E-state index contributed by atoms with van der Waals surface area (Å²) in [6, 6.07) is -10.9. The zero-order chi connectivity index (χ0) is 43.3. The Morgan fingerprint density at radius 3 is 1.50 bits per heavy atom. The van der Waals surface area contributed by atoms with Crippen molar-refractivity contribution in [2.24, 2.45) is 34.0 Å². The lowest BCUT2D eigenvalue weighted by atomic mass is 9.99. The SMILES string of the molecule is CC(C)C[C@H](NC(=O)[C@@H](NC(=O)[C@H](CC(=O)O)NC(=O)[C@H](CO)NC(=O)[C@@H](N)CCCN=C(N)N)C(C)C)C(=O)N[C@@H](CO)C(=O)N[C@@H](CCC(=O)O)C(=O)O. The fraction of sp³-hybridized carbons (Fsp3) is 0.688. The molecule has 0 fully saturated rings. The zero-order valence-electron chi connectivity index (χ0n) is 31.6. The number of nitrogens with one attached hydrogen (secondary N) is 6. The third kappa shape index (κ3) is 19.6. The molecule has 6 amide bonds. The van der Waals surface area contributed by atoms with E-state index in [1.54, 1.807) is 13.8 Å². The number of carboxylic acids is 3. The molecule has 0 heterocycles. The standard InChI is InChI=1S/C32H56N10O14/c1-14(2)10-18(26(50)41-21(13-44)28(52)37-17(31(55)56)7-8-22(45)46)39-30(54)24(15(3)4)42-27(51)19(11-23(47)48)38-29(53)20(12-43)40-25(49)16(33)6-5-9-36-32(34)35/h14-21,24,43-44H,5-13,33H2,1-4H3,(H,37,52)(H,38,53)(H,39,54)(H,40,49)(H,41,50)(H,42,51)(H,45,46)(H,47,48)(H,55,56)(H4,34,35,36)/t16-,17-,18-,19-,20-,21-,24-/m0/s1. The van der Waals surface area contributed by atoms with Crippen molar-refractivity contribution in [1.29, 1.82) is 0 Å². The Kier molecular flexibility index (Phi) is 22.9. The van der Waals surface area contributed by atoms with Crippen molar-refractivity contribution in [2.45, 2.75) is 109 Å². The maximum absolute atomic E-state index is 13.5. The molecule has 7 atom stereocenters. The molecular weight excluding hydrogens is 748 g/mol. The molecule has 318 valence electrons. The second kappa shape index (κ2) is 25.5. The van der Waals surface area contributed by atoms with Crippen LogP contribution in [-0.4, -0.2) is 147 Å². The molecule has 0 saturated carbocycles. The molecule has 0 spiro atoms. The molecular formula is C32H56N10O14. The van der Waals surface area contributed by atoms with Gasteiger partial charge in [-0.3, -0.25) is 43.3 Å². The van der Waals surface area contributed by atoms with Crippen molar-refractivity contribution in [3.63, 3.8) is 0 Å². The van der Waals surface area contributed by atoms with E-state index in [2.05, 4.69) is 31.6 Å². The van der Waals surface area contributed by atoms with Crippen LogP contribution in [0, 0.1) is 11.8 Å². The molecule has 0 aromatic carbocycles. The molecule has 24 heteroatoms. The van der Waals surface area contributed by atoms with Gasteiger partial charge in [0.05, 0.1) is 25.7 Å². The lowest BCUT2D eigenvalue weighted by molar-refractivity contribution is -0.144. The Bertz CT molecular complexity index is 1420. The maximum Gasteiger partial charge on any atom is 0.326 e. The molecule has 0 radical (unpaired) electrons.